The molecule has 1 heterocycles. The Labute approximate surface area is 104 Å². The van der Waals surface area contributed by atoms with E-state index in [9.17, 15) is 0 Å². The molecule has 1 aromatic rings. The van der Waals surface area contributed by atoms with E-state index < -0.39 is 0 Å². The second kappa shape index (κ2) is 5.80. The molecule has 0 aliphatic carbocycles. The maximum Gasteiger partial charge on any atom is 0.0512 e. The SMILES string of the molecule is CCNC(c1ccsc1)C(C)(CC)N(C)C. The van der Waals surface area contributed by atoms with Crippen molar-refractivity contribution in [3.05, 3.63) is 22.4 Å². The van der Waals surface area contributed by atoms with Gasteiger partial charge in [0.05, 0.1) is 6.04 Å². The number of thiophene rings is 1. The first-order valence-electron chi connectivity index (χ1n) is 5.99. The van der Waals surface area contributed by atoms with Crippen molar-refractivity contribution in [2.75, 3.05) is 20.6 Å². The minimum absolute atomic E-state index is 0.164. The Morgan fingerprint density at radius 1 is 1.44 bits per heavy atom. The first kappa shape index (κ1) is 13.7. The third-order valence-electron chi connectivity index (χ3n) is 3.64. The summed E-state index contributed by atoms with van der Waals surface area (Å²) in [6.45, 7) is 7.77. The summed E-state index contributed by atoms with van der Waals surface area (Å²) < 4.78 is 0. The van der Waals surface area contributed by atoms with E-state index in [1.54, 1.807) is 11.3 Å². The highest BCUT2D eigenvalue weighted by Crippen LogP contribution is 2.33. The number of hydrogen-bond acceptors (Lipinski definition) is 3. The third kappa shape index (κ3) is 2.65. The van der Waals surface area contributed by atoms with Crippen molar-refractivity contribution < 1.29 is 0 Å². The van der Waals surface area contributed by atoms with Crippen molar-refractivity contribution in [3.63, 3.8) is 0 Å². The zero-order chi connectivity index (χ0) is 12.2. The molecule has 3 heteroatoms. The second-order valence-electron chi connectivity index (χ2n) is 4.65. The predicted octanol–water partition coefficient (Wildman–Crippen LogP) is 3.13. The van der Waals surface area contributed by atoms with Gasteiger partial charge < -0.3 is 10.2 Å². The molecule has 0 saturated heterocycles. The average molecular weight is 240 g/mol. The second-order valence-corrected chi connectivity index (χ2v) is 5.43. The average Bonchev–Trinajstić information content (AvgIpc) is 2.77. The summed E-state index contributed by atoms with van der Waals surface area (Å²) in [6, 6.07) is 2.64. The van der Waals surface area contributed by atoms with E-state index in [1.165, 1.54) is 5.56 Å². The fourth-order valence-corrected chi connectivity index (χ4v) is 2.80. The zero-order valence-corrected chi connectivity index (χ0v) is 11.9. The minimum Gasteiger partial charge on any atom is -0.309 e. The summed E-state index contributed by atoms with van der Waals surface area (Å²) in [4.78, 5) is 2.33. The maximum absolute atomic E-state index is 3.62. The number of nitrogens with one attached hydrogen (secondary N) is 1. The smallest absolute Gasteiger partial charge is 0.0512 e. The Kier molecular flexibility index (Phi) is 4.96. The molecule has 1 N–H and O–H groups in total. The highest BCUT2D eigenvalue weighted by molar-refractivity contribution is 7.07. The predicted molar refractivity (Wildman–Crippen MR) is 73.1 cm³/mol. The van der Waals surface area contributed by atoms with Crippen molar-refractivity contribution in [1.29, 1.82) is 0 Å². The van der Waals surface area contributed by atoms with E-state index in [2.05, 4.69) is 61.9 Å². The van der Waals surface area contributed by atoms with Crippen molar-refractivity contribution in [3.8, 4) is 0 Å². The highest BCUT2D eigenvalue weighted by Gasteiger charge is 2.35. The molecule has 0 saturated carbocycles. The number of hydrogen-bond donors (Lipinski definition) is 1. The van der Waals surface area contributed by atoms with Crippen LogP contribution in [0.1, 0.15) is 38.8 Å². The lowest BCUT2D eigenvalue weighted by atomic mass is 9.84. The fraction of sp³-hybridized carbons (Fsp3) is 0.692. The summed E-state index contributed by atoms with van der Waals surface area (Å²) in [6.07, 6.45) is 1.13. The minimum atomic E-state index is 0.164. The van der Waals surface area contributed by atoms with E-state index in [0.717, 1.165) is 13.0 Å². The van der Waals surface area contributed by atoms with Crippen LogP contribution >= 0.6 is 11.3 Å². The Morgan fingerprint density at radius 2 is 2.12 bits per heavy atom. The first-order valence-corrected chi connectivity index (χ1v) is 6.93. The quantitative estimate of drug-likeness (QED) is 0.822. The van der Waals surface area contributed by atoms with Gasteiger partial charge in [0.1, 0.15) is 0 Å². The van der Waals surface area contributed by atoms with Crippen LogP contribution in [-0.2, 0) is 0 Å². The zero-order valence-electron chi connectivity index (χ0n) is 11.1. The van der Waals surface area contributed by atoms with Crippen LogP contribution in [0, 0.1) is 0 Å². The third-order valence-corrected chi connectivity index (χ3v) is 4.35. The largest absolute Gasteiger partial charge is 0.309 e. The van der Waals surface area contributed by atoms with Crippen molar-refractivity contribution in [2.24, 2.45) is 0 Å². The summed E-state index contributed by atoms with van der Waals surface area (Å²) in [5.41, 5.74) is 1.57. The number of rotatable bonds is 6. The van der Waals surface area contributed by atoms with Crippen LogP contribution in [0.2, 0.25) is 0 Å². The van der Waals surface area contributed by atoms with E-state index in [-0.39, 0.29) is 5.54 Å². The Hall–Kier alpha value is -0.380. The lowest BCUT2D eigenvalue weighted by molar-refractivity contribution is 0.114. The molecule has 0 bridgehead atoms. The van der Waals surface area contributed by atoms with Gasteiger partial charge in [-0.3, -0.25) is 0 Å². The van der Waals surface area contributed by atoms with Crippen LogP contribution < -0.4 is 5.32 Å². The van der Waals surface area contributed by atoms with Gasteiger partial charge in [0.15, 0.2) is 0 Å². The van der Waals surface area contributed by atoms with E-state index in [1.807, 2.05) is 0 Å². The van der Waals surface area contributed by atoms with Crippen LogP contribution in [-0.4, -0.2) is 31.1 Å². The maximum atomic E-state index is 3.62. The monoisotopic (exact) mass is 240 g/mol. The van der Waals surface area contributed by atoms with Crippen LogP contribution in [0.3, 0.4) is 0 Å². The molecular formula is C13H24N2S. The molecule has 2 atom stereocenters. The Balaban J connectivity index is 3.00. The summed E-state index contributed by atoms with van der Waals surface area (Å²) in [5.74, 6) is 0. The van der Waals surface area contributed by atoms with Crippen molar-refractivity contribution in [1.82, 2.24) is 10.2 Å². The first-order chi connectivity index (χ1) is 7.56. The van der Waals surface area contributed by atoms with Gasteiger partial charge in [-0.05, 0) is 56.4 Å². The molecule has 0 amide bonds. The van der Waals surface area contributed by atoms with E-state index in [0.29, 0.717) is 6.04 Å². The molecule has 2 nitrogen and oxygen atoms in total. The Morgan fingerprint density at radius 3 is 2.50 bits per heavy atom. The molecule has 1 aromatic heterocycles. The molecule has 0 spiro atoms. The fourth-order valence-electron chi connectivity index (χ4n) is 2.12. The van der Waals surface area contributed by atoms with Crippen LogP contribution in [0.5, 0.6) is 0 Å². The van der Waals surface area contributed by atoms with Crippen LogP contribution in [0.25, 0.3) is 0 Å². The van der Waals surface area contributed by atoms with E-state index in [4.69, 9.17) is 0 Å². The van der Waals surface area contributed by atoms with Gasteiger partial charge in [-0.1, -0.05) is 13.8 Å². The molecule has 0 aliphatic rings. The summed E-state index contributed by atoms with van der Waals surface area (Å²) in [7, 11) is 4.33. The van der Waals surface area contributed by atoms with Gasteiger partial charge in [0, 0.05) is 5.54 Å². The molecular weight excluding hydrogens is 216 g/mol. The van der Waals surface area contributed by atoms with Gasteiger partial charge in [-0.25, -0.2) is 0 Å². The highest BCUT2D eigenvalue weighted by atomic mass is 32.1. The molecule has 0 aliphatic heterocycles. The van der Waals surface area contributed by atoms with Gasteiger partial charge >= 0.3 is 0 Å². The topological polar surface area (TPSA) is 15.3 Å². The van der Waals surface area contributed by atoms with Crippen LogP contribution in [0.4, 0.5) is 0 Å². The van der Waals surface area contributed by atoms with Gasteiger partial charge in [0.25, 0.3) is 0 Å². The normalized spacial score (nSPS) is 17.4. The van der Waals surface area contributed by atoms with Gasteiger partial charge in [-0.2, -0.15) is 11.3 Å². The molecule has 16 heavy (non-hydrogen) atoms. The van der Waals surface area contributed by atoms with Gasteiger partial charge in [-0.15, -0.1) is 0 Å². The van der Waals surface area contributed by atoms with E-state index >= 15 is 0 Å². The molecule has 0 radical (unpaired) electrons. The lowest BCUT2D eigenvalue weighted by Crippen LogP contribution is -2.51. The van der Waals surface area contributed by atoms with Crippen LogP contribution in [0.15, 0.2) is 16.8 Å². The van der Waals surface area contributed by atoms with Crippen molar-refractivity contribution >= 4 is 11.3 Å². The molecule has 92 valence electrons. The molecule has 0 aromatic carbocycles. The molecule has 1 rings (SSSR count). The summed E-state index contributed by atoms with van der Waals surface area (Å²) in [5, 5.41) is 8.04. The Bertz CT molecular complexity index is 295. The van der Waals surface area contributed by atoms with Gasteiger partial charge in [0.2, 0.25) is 0 Å². The lowest BCUT2D eigenvalue weighted by Gasteiger charge is -2.43. The number of nitrogens with zero attached hydrogens (tertiary/aromatic N) is 1. The molecule has 2 unspecified atom stereocenters. The standard InChI is InChI=1S/C13H24N2S/c1-6-13(3,15(4)5)12(14-7-2)11-8-9-16-10-11/h8-10,12,14H,6-7H2,1-5H3. The number of likely N-dealkylation sites (N-methyl/N-ethyl adjacent to an activating group) is 2. The summed E-state index contributed by atoms with van der Waals surface area (Å²) >= 11 is 1.77. The van der Waals surface area contributed by atoms with Crippen molar-refractivity contribution in [2.45, 2.75) is 38.8 Å². The molecule has 0 fully saturated rings.